The highest BCUT2D eigenvalue weighted by Gasteiger charge is 2.24. The van der Waals surface area contributed by atoms with E-state index in [0.29, 0.717) is 11.6 Å². The number of carbonyl (C=O) groups is 2. The van der Waals surface area contributed by atoms with Crippen molar-refractivity contribution in [1.29, 1.82) is 0 Å². The molecule has 3 aromatic rings. The molecule has 0 saturated carbocycles. The molecule has 0 radical (unpaired) electrons. The van der Waals surface area contributed by atoms with E-state index >= 15 is 0 Å². The van der Waals surface area contributed by atoms with Gasteiger partial charge in [0.05, 0.1) is 0 Å². The molecule has 0 atom stereocenters. The van der Waals surface area contributed by atoms with E-state index in [-0.39, 0.29) is 12.5 Å². The van der Waals surface area contributed by atoms with Crippen molar-refractivity contribution < 1.29 is 14.3 Å². The molecule has 1 aliphatic rings. The first-order valence-electron chi connectivity index (χ1n) is 9.75. The maximum absolute atomic E-state index is 12.4. The molecule has 1 saturated heterocycles. The van der Waals surface area contributed by atoms with E-state index in [0.717, 1.165) is 43.3 Å². The molecule has 5 nitrogen and oxygen atoms in total. The van der Waals surface area contributed by atoms with Crippen LogP contribution in [0.1, 0.15) is 28.9 Å². The van der Waals surface area contributed by atoms with Gasteiger partial charge in [-0.15, -0.1) is 0 Å². The van der Waals surface area contributed by atoms with Gasteiger partial charge in [0.1, 0.15) is 5.69 Å². The maximum atomic E-state index is 12.4. The van der Waals surface area contributed by atoms with Crippen LogP contribution in [0.5, 0.6) is 0 Å². The van der Waals surface area contributed by atoms with Crippen molar-refractivity contribution in [1.82, 2.24) is 9.88 Å². The van der Waals surface area contributed by atoms with Crippen LogP contribution in [0.4, 0.5) is 0 Å². The lowest BCUT2D eigenvalue weighted by Crippen LogP contribution is -2.41. The molecule has 1 aromatic heterocycles. The molecule has 2 heterocycles. The van der Waals surface area contributed by atoms with E-state index in [1.165, 1.54) is 5.56 Å². The summed E-state index contributed by atoms with van der Waals surface area (Å²) in [6.45, 7) is 1.23. The number of carbonyl (C=O) groups excluding carboxylic acids is 2. The quantitative estimate of drug-likeness (QED) is 0.689. The number of likely N-dealkylation sites (tertiary alicyclic amines) is 1. The van der Waals surface area contributed by atoms with Gasteiger partial charge < -0.3 is 14.6 Å². The lowest BCUT2D eigenvalue weighted by Gasteiger charge is -2.32. The molecule has 1 fully saturated rings. The standard InChI is InChI=1S/C23H24N2O3/c26-22(16-28-23(27)21-15-19-8-4-5-9-20(19)24-21)25-12-10-18(11-13-25)14-17-6-2-1-3-7-17/h1-9,15,18,24H,10-14,16H2. The van der Waals surface area contributed by atoms with Crippen molar-refractivity contribution in [3.8, 4) is 0 Å². The number of hydrogen-bond donors (Lipinski definition) is 1. The predicted molar refractivity (Wildman–Crippen MR) is 108 cm³/mol. The number of ether oxygens (including phenoxy) is 1. The molecule has 1 N–H and O–H groups in total. The zero-order chi connectivity index (χ0) is 19.3. The fourth-order valence-corrected chi connectivity index (χ4v) is 3.81. The monoisotopic (exact) mass is 376 g/mol. The minimum atomic E-state index is -0.497. The molecule has 1 amide bonds. The third kappa shape index (κ3) is 4.25. The summed E-state index contributed by atoms with van der Waals surface area (Å²) in [5, 5.41) is 0.946. The summed E-state index contributed by atoms with van der Waals surface area (Å²) in [5.74, 6) is -0.0218. The van der Waals surface area contributed by atoms with Gasteiger partial charge in [-0.2, -0.15) is 0 Å². The van der Waals surface area contributed by atoms with Crippen molar-refractivity contribution in [3.05, 3.63) is 71.9 Å². The van der Waals surface area contributed by atoms with Gasteiger partial charge in [-0.25, -0.2) is 4.79 Å². The van der Waals surface area contributed by atoms with Gasteiger partial charge in [-0.3, -0.25) is 4.79 Å². The van der Waals surface area contributed by atoms with Crippen molar-refractivity contribution in [2.45, 2.75) is 19.3 Å². The Morgan fingerprint density at radius 1 is 1.00 bits per heavy atom. The van der Waals surface area contributed by atoms with E-state index in [9.17, 15) is 9.59 Å². The van der Waals surface area contributed by atoms with Gasteiger partial charge >= 0.3 is 5.97 Å². The summed E-state index contributed by atoms with van der Waals surface area (Å²) >= 11 is 0. The number of H-pyrrole nitrogens is 1. The Morgan fingerprint density at radius 3 is 2.46 bits per heavy atom. The largest absolute Gasteiger partial charge is 0.451 e. The summed E-state index contributed by atoms with van der Waals surface area (Å²) < 4.78 is 5.23. The van der Waals surface area contributed by atoms with Gasteiger partial charge in [-0.1, -0.05) is 48.5 Å². The average molecular weight is 376 g/mol. The minimum Gasteiger partial charge on any atom is -0.451 e. The summed E-state index contributed by atoms with van der Waals surface area (Å²) in [7, 11) is 0. The van der Waals surface area contributed by atoms with Gasteiger partial charge in [0.15, 0.2) is 6.61 Å². The molecule has 0 bridgehead atoms. The van der Waals surface area contributed by atoms with E-state index in [2.05, 4.69) is 29.2 Å². The average Bonchev–Trinajstić information content (AvgIpc) is 3.17. The first kappa shape index (κ1) is 18.3. The molecule has 0 spiro atoms. The third-order valence-corrected chi connectivity index (χ3v) is 5.41. The van der Waals surface area contributed by atoms with Crippen LogP contribution in [0.2, 0.25) is 0 Å². The topological polar surface area (TPSA) is 62.4 Å². The van der Waals surface area contributed by atoms with Crippen LogP contribution in [0, 0.1) is 5.92 Å². The van der Waals surface area contributed by atoms with Crippen LogP contribution in [0.25, 0.3) is 10.9 Å². The van der Waals surface area contributed by atoms with E-state index < -0.39 is 5.97 Å². The van der Waals surface area contributed by atoms with E-state index in [1.54, 1.807) is 11.0 Å². The summed E-state index contributed by atoms with van der Waals surface area (Å²) in [6, 6.07) is 19.9. The predicted octanol–water partition coefficient (Wildman–Crippen LogP) is 3.81. The second-order valence-electron chi connectivity index (χ2n) is 7.36. The van der Waals surface area contributed by atoms with Gasteiger partial charge in [0.25, 0.3) is 5.91 Å². The van der Waals surface area contributed by atoms with Crippen molar-refractivity contribution >= 4 is 22.8 Å². The molecule has 5 heteroatoms. The van der Waals surface area contributed by atoms with Crippen LogP contribution in [0.3, 0.4) is 0 Å². The number of hydrogen-bond acceptors (Lipinski definition) is 3. The molecule has 144 valence electrons. The zero-order valence-electron chi connectivity index (χ0n) is 15.8. The molecule has 0 aliphatic carbocycles. The van der Waals surface area contributed by atoms with Gasteiger partial charge in [-0.05, 0) is 42.9 Å². The Hall–Kier alpha value is -3.08. The van der Waals surface area contributed by atoms with Crippen molar-refractivity contribution in [2.75, 3.05) is 19.7 Å². The lowest BCUT2D eigenvalue weighted by atomic mass is 9.90. The molecular weight excluding hydrogens is 352 g/mol. The third-order valence-electron chi connectivity index (χ3n) is 5.41. The number of aromatic nitrogens is 1. The zero-order valence-corrected chi connectivity index (χ0v) is 15.8. The molecule has 1 aliphatic heterocycles. The Balaban J connectivity index is 1.25. The van der Waals surface area contributed by atoms with Crippen molar-refractivity contribution in [2.24, 2.45) is 5.92 Å². The molecular formula is C23H24N2O3. The maximum Gasteiger partial charge on any atom is 0.355 e. The number of rotatable bonds is 5. The van der Waals surface area contributed by atoms with Crippen LogP contribution in [-0.2, 0) is 16.0 Å². The van der Waals surface area contributed by atoms with Gasteiger partial charge in [0, 0.05) is 24.0 Å². The minimum absolute atomic E-state index is 0.123. The number of amides is 1. The second kappa shape index (κ2) is 8.30. The molecule has 0 unspecified atom stereocenters. The van der Waals surface area contributed by atoms with Crippen molar-refractivity contribution in [3.63, 3.8) is 0 Å². The number of para-hydroxylation sites is 1. The highest BCUT2D eigenvalue weighted by atomic mass is 16.5. The highest BCUT2D eigenvalue weighted by Crippen LogP contribution is 2.22. The number of benzene rings is 2. The van der Waals surface area contributed by atoms with Gasteiger partial charge in [0.2, 0.25) is 0 Å². The Morgan fingerprint density at radius 2 is 1.71 bits per heavy atom. The van der Waals surface area contributed by atoms with Crippen LogP contribution in [0.15, 0.2) is 60.7 Å². The molecule has 4 rings (SSSR count). The number of esters is 1. The van der Waals surface area contributed by atoms with E-state index in [1.807, 2.05) is 30.3 Å². The number of nitrogens with one attached hydrogen (secondary N) is 1. The Labute approximate surface area is 164 Å². The number of fused-ring (bicyclic) bond motifs is 1. The molecule has 2 aromatic carbocycles. The highest BCUT2D eigenvalue weighted by molar-refractivity contribution is 5.95. The Bertz CT molecular complexity index is 923. The summed E-state index contributed by atoms with van der Waals surface area (Å²) in [6.07, 6.45) is 3.02. The van der Waals surface area contributed by atoms with Crippen LogP contribution < -0.4 is 0 Å². The normalized spacial score (nSPS) is 14.9. The number of nitrogens with zero attached hydrogens (tertiary/aromatic N) is 1. The van der Waals surface area contributed by atoms with Crippen LogP contribution >= 0.6 is 0 Å². The molecule has 28 heavy (non-hydrogen) atoms. The van der Waals surface area contributed by atoms with E-state index in [4.69, 9.17) is 4.74 Å². The number of aromatic amines is 1. The summed E-state index contributed by atoms with van der Waals surface area (Å²) in [5.41, 5.74) is 2.59. The number of piperidine rings is 1. The SMILES string of the molecule is O=C(OCC(=O)N1CCC(Cc2ccccc2)CC1)c1cc2ccccc2[nH]1. The first-order chi connectivity index (χ1) is 13.7. The second-order valence-corrected chi connectivity index (χ2v) is 7.36. The fraction of sp³-hybridized carbons (Fsp3) is 0.304. The van der Waals surface area contributed by atoms with Crippen LogP contribution in [-0.4, -0.2) is 41.5 Å². The first-order valence-corrected chi connectivity index (χ1v) is 9.75. The lowest BCUT2D eigenvalue weighted by molar-refractivity contribution is -0.135. The fourth-order valence-electron chi connectivity index (χ4n) is 3.81. The smallest absolute Gasteiger partial charge is 0.355 e. The summed E-state index contributed by atoms with van der Waals surface area (Å²) in [4.78, 5) is 29.5. The Kier molecular flexibility index (Phi) is 5.42.